The zero-order valence-electron chi connectivity index (χ0n) is 18.4. The zero-order valence-corrected chi connectivity index (χ0v) is 19.2. The number of carboxylic acid groups (broad SMARTS) is 1. The van der Waals surface area contributed by atoms with Crippen LogP contribution in [0.2, 0.25) is 5.02 Å². The molecule has 0 aliphatic heterocycles. The van der Waals surface area contributed by atoms with Gasteiger partial charge in [0.15, 0.2) is 0 Å². The summed E-state index contributed by atoms with van der Waals surface area (Å²) in [6.07, 6.45) is 0.339. The second-order valence-corrected chi connectivity index (χ2v) is 8.40. The van der Waals surface area contributed by atoms with Crippen molar-refractivity contribution in [3.05, 3.63) is 58.9 Å². The number of carbonyl (C=O) groups is 3. The van der Waals surface area contributed by atoms with Gasteiger partial charge in [0.1, 0.15) is 5.82 Å². The Hall–Kier alpha value is -2.97. The molecule has 0 heterocycles. The summed E-state index contributed by atoms with van der Waals surface area (Å²) in [5.41, 5.74) is 0.529. The van der Waals surface area contributed by atoms with E-state index in [0.29, 0.717) is 16.1 Å². The van der Waals surface area contributed by atoms with E-state index in [2.05, 4.69) is 5.32 Å². The van der Waals surface area contributed by atoms with Gasteiger partial charge >= 0.3 is 17.8 Å². The minimum absolute atomic E-state index is 0.0517. The van der Waals surface area contributed by atoms with Gasteiger partial charge in [0, 0.05) is 23.2 Å². The minimum atomic E-state index is -1.65. The van der Waals surface area contributed by atoms with E-state index >= 15 is 0 Å². The first-order valence-electron chi connectivity index (χ1n) is 10.5. The molecule has 0 aromatic heterocycles. The van der Waals surface area contributed by atoms with Crippen LogP contribution in [0.3, 0.4) is 0 Å². The highest BCUT2D eigenvalue weighted by molar-refractivity contribution is 6.31. The Labute approximate surface area is 196 Å². The fourth-order valence-corrected chi connectivity index (χ4v) is 3.80. The second-order valence-electron chi connectivity index (χ2n) is 7.96. The quantitative estimate of drug-likeness (QED) is 0.354. The predicted octanol–water partition coefficient (Wildman–Crippen LogP) is 3.60. The topological polar surface area (TPSA) is 113 Å². The van der Waals surface area contributed by atoms with E-state index in [9.17, 15) is 23.9 Å². The Morgan fingerprint density at radius 3 is 2.42 bits per heavy atom. The van der Waals surface area contributed by atoms with E-state index < -0.39 is 35.1 Å². The molecule has 33 heavy (non-hydrogen) atoms. The smallest absolute Gasteiger partial charge is 0.394 e. The molecule has 2 aromatic carbocycles. The lowest BCUT2D eigenvalue weighted by Crippen LogP contribution is -2.45. The van der Waals surface area contributed by atoms with E-state index in [1.54, 1.807) is 38.1 Å². The summed E-state index contributed by atoms with van der Waals surface area (Å²) in [4.78, 5) is 35.5. The van der Waals surface area contributed by atoms with E-state index in [-0.39, 0.29) is 32.5 Å². The lowest BCUT2D eigenvalue weighted by atomic mass is 9.79. The molecule has 0 saturated heterocycles. The summed E-state index contributed by atoms with van der Waals surface area (Å²) < 4.78 is 19.3. The maximum atomic E-state index is 14.2. The highest BCUT2D eigenvalue weighted by Gasteiger charge is 2.37. The summed E-state index contributed by atoms with van der Waals surface area (Å²) in [5, 5.41) is 21.3. The van der Waals surface area contributed by atoms with E-state index in [1.807, 2.05) is 0 Å². The summed E-state index contributed by atoms with van der Waals surface area (Å²) in [6, 6.07) is 10.4. The molecule has 1 unspecified atom stereocenters. The predicted molar refractivity (Wildman–Crippen MR) is 121 cm³/mol. The second kappa shape index (κ2) is 11.8. The van der Waals surface area contributed by atoms with Crippen molar-refractivity contribution in [2.75, 3.05) is 13.2 Å². The maximum Gasteiger partial charge on any atom is 0.394 e. The van der Waals surface area contributed by atoms with Crippen molar-refractivity contribution >= 4 is 29.4 Å². The van der Waals surface area contributed by atoms with Gasteiger partial charge in [0.25, 0.3) is 0 Å². The molecule has 0 aliphatic rings. The number of rotatable bonds is 10. The van der Waals surface area contributed by atoms with Gasteiger partial charge in [-0.15, -0.1) is 0 Å². The lowest BCUT2D eigenvalue weighted by molar-refractivity contribution is -0.156. The Morgan fingerprint density at radius 2 is 1.85 bits per heavy atom. The number of hydrogen-bond donors (Lipinski definition) is 3. The number of carboxylic acids is 1. The number of halogens is 2. The van der Waals surface area contributed by atoms with Crippen LogP contribution in [0.15, 0.2) is 42.5 Å². The third-order valence-electron chi connectivity index (χ3n) is 5.33. The van der Waals surface area contributed by atoms with Crippen LogP contribution in [0.5, 0.6) is 0 Å². The first-order valence-corrected chi connectivity index (χ1v) is 10.8. The fourth-order valence-electron chi connectivity index (χ4n) is 3.63. The molecule has 178 valence electrons. The van der Waals surface area contributed by atoms with Crippen LogP contribution >= 0.6 is 11.6 Å². The normalized spacial score (nSPS) is 13.6. The molecular weight excluding hydrogens is 453 g/mol. The summed E-state index contributed by atoms with van der Waals surface area (Å²) in [7, 11) is 0. The maximum absolute atomic E-state index is 14.2. The van der Waals surface area contributed by atoms with Gasteiger partial charge in [-0.3, -0.25) is 9.59 Å². The molecule has 2 rings (SSSR count). The molecule has 0 radical (unpaired) electrons. The molecule has 1 amide bonds. The Kier molecular flexibility index (Phi) is 9.37. The standard InChI is InChI=1S/C24H27ClFNO6/c1-3-33-23(32)24(2,10-11-28)14-18(27-21(29)22(30)31)12-15-4-6-16(7-5-15)19-13-17(25)8-9-20(19)26/h4-9,13,18,28H,3,10-12,14H2,1-2H3,(H,27,29)(H,30,31)/t18-,24?/m1/s1. The van der Waals surface area contributed by atoms with Crippen LogP contribution in [0, 0.1) is 11.2 Å². The van der Waals surface area contributed by atoms with Crippen LogP contribution in [-0.2, 0) is 25.5 Å². The molecule has 9 heteroatoms. The van der Waals surface area contributed by atoms with Crippen LogP contribution in [0.1, 0.15) is 32.3 Å². The number of aliphatic hydroxyl groups is 1. The van der Waals surface area contributed by atoms with Gasteiger partial charge in [0.2, 0.25) is 0 Å². The molecule has 0 saturated carbocycles. The summed E-state index contributed by atoms with van der Waals surface area (Å²) in [6.45, 7) is 3.12. The average molecular weight is 480 g/mol. The van der Waals surface area contributed by atoms with Crippen LogP contribution in [-0.4, -0.2) is 47.3 Å². The third-order valence-corrected chi connectivity index (χ3v) is 5.57. The lowest BCUT2D eigenvalue weighted by Gasteiger charge is -2.31. The van der Waals surface area contributed by atoms with Crippen molar-refractivity contribution in [1.82, 2.24) is 5.32 Å². The van der Waals surface area contributed by atoms with Gasteiger partial charge in [0.05, 0.1) is 12.0 Å². The monoisotopic (exact) mass is 479 g/mol. The van der Waals surface area contributed by atoms with E-state index in [0.717, 1.165) is 5.56 Å². The number of benzene rings is 2. The average Bonchev–Trinajstić information content (AvgIpc) is 2.76. The Balaban J connectivity index is 2.28. The van der Waals surface area contributed by atoms with Crippen molar-refractivity contribution in [3.63, 3.8) is 0 Å². The molecule has 0 spiro atoms. The number of hydrogen-bond acceptors (Lipinski definition) is 5. The number of esters is 1. The summed E-state index contributed by atoms with van der Waals surface area (Å²) >= 11 is 5.97. The van der Waals surface area contributed by atoms with Crippen molar-refractivity contribution < 1.29 is 33.7 Å². The third kappa shape index (κ3) is 7.27. The van der Waals surface area contributed by atoms with Crippen LogP contribution < -0.4 is 5.32 Å². The summed E-state index contributed by atoms with van der Waals surface area (Å²) in [5.74, 6) is -3.81. The van der Waals surface area contributed by atoms with Crippen molar-refractivity contribution in [3.8, 4) is 11.1 Å². The van der Waals surface area contributed by atoms with Gasteiger partial charge < -0.3 is 20.3 Å². The van der Waals surface area contributed by atoms with Gasteiger partial charge in [-0.25, -0.2) is 9.18 Å². The van der Waals surface area contributed by atoms with E-state index in [4.69, 9.17) is 21.4 Å². The van der Waals surface area contributed by atoms with Gasteiger partial charge in [-0.1, -0.05) is 35.9 Å². The molecule has 7 nitrogen and oxygen atoms in total. The molecule has 0 aliphatic carbocycles. The number of aliphatic carboxylic acids is 1. The number of amides is 1. The first kappa shape index (κ1) is 26.3. The van der Waals surface area contributed by atoms with Crippen molar-refractivity contribution in [2.24, 2.45) is 5.41 Å². The van der Waals surface area contributed by atoms with Gasteiger partial charge in [-0.2, -0.15) is 0 Å². The molecule has 2 atom stereocenters. The molecule has 0 bridgehead atoms. The van der Waals surface area contributed by atoms with E-state index in [1.165, 1.54) is 18.2 Å². The highest BCUT2D eigenvalue weighted by Crippen LogP contribution is 2.31. The van der Waals surface area contributed by atoms with Crippen molar-refractivity contribution in [1.29, 1.82) is 0 Å². The van der Waals surface area contributed by atoms with Crippen LogP contribution in [0.4, 0.5) is 4.39 Å². The number of carbonyl (C=O) groups excluding carboxylic acids is 2. The fraction of sp³-hybridized carbons (Fsp3) is 0.375. The molecule has 0 fully saturated rings. The Morgan fingerprint density at radius 1 is 1.18 bits per heavy atom. The Bertz CT molecular complexity index is 997. The zero-order chi connectivity index (χ0) is 24.6. The molecule has 3 N–H and O–H groups in total. The SMILES string of the molecule is CCOC(=O)C(C)(CCO)C[C@@H](Cc1ccc(-c2cc(Cl)ccc2F)cc1)NC(=O)C(=O)O. The number of nitrogens with one attached hydrogen (secondary N) is 1. The van der Waals surface area contributed by atoms with Crippen LogP contribution in [0.25, 0.3) is 11.1 Å². The van der Waals surface area contributed by atoms with Crippen molar-refractivity contribution in [2.45, 2.75) is 39.2 Å². The molecular formula is C24H27ClFNO6. The minimum Gasteiger partial charge on any atom is -0.474 e. The number of aliphatic hydroxyl groups excluding tert-OH is 1. The molecule has 2 aromatic rings. The van der Waals surface area contributed by atoms with Gasteiger partial charge in [-0.05, 0) is 62.4 Å². The highest BCUT2D eigenvalue weighted by atomic mass is 35.5. The largest absolute Gasteiger partial charge is 0.474 e. The first-order chi connectivity index (χ1) is 15.6. The number of ether oxygens (including phenoxy) is 1.